The normalized spacial score (nSPS) is 16.4. The highest BCUT2D eigenvalue weighted by atomic mass is 19.1. The molecule has 3 heteroatoms. The Kier molecular flexibility index (Phi) is 5.86. The van der Waals surface area contributed by atoms with Crippen LogP contribution in [0.5, 0.6) is 0 Å². The highest BCUT2D eigenvalue weighted by molar-refractivity contribution is 5.47. The van der Waals surface area contributed by atoms with Crippen LogP contribution in [0.25, 0.3) is 0 Å². The molecule has 0 unspecified atom stereocenters. The van der Waals surface area contributed by atoms with E-state index in [0.717, 1.165) is 30.9 Å². The van der Waals surface area contributed by atoms with Gasteiger partial charge < -0.3 is 5.73 Å². The first kappa shape index (κ1) is 17.0. The highest BCUT2D eigenvalue weighted by Gasteiger charge is 2.19. The molecule has 24 heavy (non-hydrogen) atoms. The van der Waals surface area contributed by atoms with Crippen LogP contribution < -0.4 is 5.73 Å². The van der Waals surface area contributed by atoms with Crippen LogP contribution in [0.4, 0.5) is 10.1 Å². The fourth-order valence-corrected chi connectivity index (χ4v) is 3.66. The Morgan fingerprint density at radius 1 is 1.00 bits per heavy atom. The third-order valence-electron chi connectivity index (χ3n) is 5.16. The van der Waals surface area contributed by atoms with E-state index in [4.69, 9.17) is 5.73 Å². The van der Waals surface area contributed by atoms with Crippen LogP contribution in [-0.2, 0) is 13.0 Å². The second kappa shape index (κ2) is 8.29. The summed E-state index contributed by atoms with van der Waals surface area (Å²) in [6, 6.07) is 15.8. The van der Waals surface area contributed by atoms with Crippen molar-refractivity contribution in [3.63, 3.8) is 0 Å². The van der Waals surface area contributed by atoms with Gasteiger partial charge in [0, 0.05) is 6.54 Å². The zero-order valence-corrected chi connectivity index (χ0v) is 14.3. The fourth-order valence-electron chi connectivity index (χ4n) is 3.66. The molecular formula is C21H27FN2. The van der Waals surface area contributed by atoms with Gasteiger partial charge >= 0.3 is 0 Å². The van der Waals surface area contributed by atoms with Crippen molar-refractivity contribution in [3.8, 4) is 0 Å². The Morgan fingerprint density at radius 3 is 2.50 bits per heavy atom. The van der Waals surface area contributed by atoms with E-state index < -0.39 is 0 Å². The summed E-state index contributed by atoms with van der Waals surface area (Å²) in [6.07, 6.45) is 5.73. The van der Waals surface area contributed by atoms with E-state index in [1.54, 1.807) is 6.07 Å². The Balaban J connectivity index is 1.39. The molecule has 2 nitrogen and oxygen atoms in total. The summed E-state index contributed by atoms with van der Waals surface area (Å²) in [6.45, 7) is 3.43. The number of likely N-dealkylation sites (tertiary alicyclic amines) is 1. The van der Waals surface area contributed by atoms with Crippen molar-refractivity contribution in [3.05, 3.63) is 65.5 Å². The minimum Gasteiger partial charge on any atom is -0.396 e. The van der Waals surface area contributed by atoms with Gasteiger partial charge in [0.25, 0.3) is 0 Å². The standard InChI is InChI=1S/C21H27FN2/c22-20-11-5-10-19(21(20)23)9-4-8-17-12-14-24(15-13-17)16-18-6-2-1-3-7-18/h1-3,5-7,10-11,17H,4,8-9,12-16,23H2. The number of nitrogen functional groups attached to an aromatic ring is 1. The maximum atomic E-state index is 13.5. The average Bonchev–Trinajstić information content (AvgIpc) is 2.61. The molecule has 1 aliphatic rings. The number of rotatable bonds is 6. The molecule has 0 bridgehead atoms. The summed E-state index contributed by atoms with van der Waals surface area (Å²) in [5.41, 5.74) is 8.50. The summed E-state index contributed by atoms with van der Waals surface area (Å²) >= 11 is 0. The molecule has 3 rings (SSSR count). The van der Waals surface area contributed by atoms with Crippen molar-refractivity contribution in [1.29, 1.82) is 0 Å². The van der Waals surface area contributed by atoms with Gasteiger partial charge in [-0.1, -0.05) is 48.9 Å². The van der Waals surface area contributed by atoms with E-state index >= 15 is 0 Å². The van der Waals surface area contributed by atoms with Gasteiger partial charge in [-0.25, -0.2) is 4.39 Å². The largest absolute Gasteiger partial charge is 0.396 e. The van der Waals surface area contributed by atoms with Gasteiger partial charge in [-0.2, -0.15) is 0 Å². The van der Waals surface area contributed by atoms with Crippen LogP contribution in [-0.4, -0.2) is 18.0 Å². The van der Waals surface area contributed by atoms with Crippen molar-refractivity contribution in [2.75, 3.05) is 18.8 Å². The van der Waals surface area contributed by atoms with Crippen molar-refractivity contribution in [2.45, 2.75) is 38.6 Å². The van der Waals surface area contributed by atoms with Gasteiger partial charge in [0.15, 0.2) is 0 Å². The van der Waals surface area contributed by atoms with Crippen molar-refractivity contribution < 1.29 is 4.39 Å². The fraction of sp³-hybridized carbons (Fsp3) is 0.429. The minimum atomic E-state index is -0.290. The second-order valence-corrected chi connectivity index (χ2v) is 6.91. The average molecular weight is 326 g/mol. The van der Waals surface area contributed by atoms with Gasteiger partial charge in [0.1, 0.15) is 5.82 Å². The smallest absolute Gasteiger partial charge is 0.146 e. The number of anilines is 1. The first-order valence-electron chi connectivity index (χ1n) is 9.01. The van der Waals surface area contributed by atoms with Crippen LogP contribution in [0.3, 0.4) is 0 Å². The maximum Gasteiger partial charge on any atom is 0.146 e. The summed E-state index contributed by atoms with van der Waals surface area (Å²) in [5.74, 6) is 0.508. The lowest BCUT2D eigenvalue weighted by atomic mass is 9.90. The second-order valence-electron chi connectivity index (χ2n) is 6.91. The molecule has 1 heterocycles. The number of nitrogens with zero attached hydrogens (tertiary/aromatic N) is 1. The predicted octanol–water partition coefficient (Wildman–Crippen LogP) is 4.64. The molecule has 0 radical (unpaired) electrons. The van der Waals surface area contributed by atoms with Crippen LogP contribution in [0, 0.1) is 11.7 Å². The van der Waals surface area contributed by atoms with Crippen LogP contribution in [0.15, 0.2) is 48.5 Å². The zero-order chi connectivity index (χ0) is 16.8. The molecule has 0 saturated carbocycles. The van der Waals surface area contributed by atoms with Gasteiger partial charge in [0.2, 0.25) is 0 Å². The minimum absolute atomic E-state index is 0.290. The third kappa shape index (κ3) is 4.57. The lowest BCUT2D eigenvalue weighted by Crippen LogP contribution is -2.33. The van der Waals surface area contributed by atoms with Gasteiger partial charge in [0.05, 0.1) is 5.69 Å². The van der Waals surface area contributed by atoms with Gasteiger partial charge in [-0.3, -0.25) is 4.90 Å². The number of para-hydroxylation sites is 1. The van der Waals surface area contributed by atoms with E-state index in [-0.39, 0.29) is 5.82 Å². The number of aryl methyl sites for hydroxylation is 1. The van der Waals surface area contributed by atoms with E-state index in [9.17, 15) is 4.39 Å². The third-order valence-corrected chi connectivity index (χ3v) is 5.16. The number of halogens is 1. The molecule has 2 aromatic rings. The van der Waals surface area contributed by atoms with Crippen LogP contribution in [0.1, 0.15) is 36.8 Å². The predicted molar refractivity (Wildman–Crippen MR) is 98.2 cm³/mol. The molecule has 0 aliphatic carbocycles. The highest BCUT2D eigenvalue weighted by Crippen LogP contribution is 2.25. The topological polar surface area (TPSA) is 29.3 Å². The molecule has 1 fully saturated rings. The summed E-state index contributed by atoms with van der Waals surface area (Å²) in [7, 11) is 0. The van der Waals surface area contributed by atoms with Crippen molar-refractivity contribution in [2.24, 2.45) is 5.92 Å². The Bertz CT molecular complexity index is 634. The van der Waals surface area contributed by atoms with Crippen molar-refractivity contribution in [1.82, 2.24) is 4.90 Å². The lowest BCUT2D eigenvalue weighted by molar-refractivity contribution is 0.171. The number of benzene rings is 2. The monoisotopic (exact) mass is 326 g/mol. The lowest BCUT2D eigenvalue weighted by Gasteiger charge is -2.32. The Hall–Kier alpha value is -1.87. The number of nitrogens with two attached hydrogens (primary N) is 1. The summed E-state index contributed by atoms with van der Waals surface area (Å²) in [4.78, 5) is 2.55. The number of piperidine rings is 1. The van der Waals surface area contributed by atoms with E-state index in [2.05, 4.69) is 35.2 Å². The van der Waals surface area contributed by atoms with Gasteiger partial charge in [-0.05, 0) is 61.9 Å². The first-order chi connectivity index (χ1) is 11.7. The van der Waals surface area contributed by atoms with E-state index in [1.165, 1.54) is 44.0 Å². The van der Waals surface area contributed by atoms with Crippen LogP contribution in [0.2, 0.25) is 0 Å². The Morgan fingerprint density at radius 2 is 1.75 bits per heavy atom. The van der Waals surface area contributed by atoms with E-state index in [1.807, 2.05) is 6.07 Å². The summed E-state index contributed by atoms with van der Waals surface area (Å²) < 4.78 is 13.5. The quantitative estimate of drug-likeness (QED) is 0.783. The molecule has 1 aliphatic heterocycles. The van der Waals surface area contributed by atoms with Crippen LogP contribution >= 0.6 is 0 Å². The molecule has 2 aromatic carbocycles. The molecule has 0 atom stereocenters. The molecule has 0 amide bonds. The maximum absolute atomic E-state index is 13.5. The zero-order valence-electron chi connectivity index (χ0n) is 14.3. The number of hydrogen-bond acceptors (Lipinski definition) is 2. The van der Waals surface area contributed by atoms with E-state index in [0.29, 0.717) is 5.69 Å². The van der Waals surface area contributed by atoms with Crippen molar-refractivity contribution >= 4 is 5.69 Å². The molecule has 0 spiro atoms. The molecule has 128 valence electrons. The molecule has 1 saturated heterocycles. The Labute approximate surface area is 144 Å². The summed E-state index contributed by atoms with van der Waals surface area (Å²) in [5, 5.41) is 0. The number of hydrogen-bond donors (Lipinski definition) is 1. The molecular weight excluding hydrogens is 299 g/mol. The molecule has 0 aromatic heterocycles. The van der Waals surface area contributed by atoms with Gasteiger partial charge in [-0.15, -0.1) is 0 Å². The first-order valence-corrected chi connectivity index (χ1v) is 9.01. The SMILES string of the molecule is Nc1c(F)cccc1CCCC1CCN(Cc2ccccc2)CC1. The molecule has 2 N–H and O–H groups in total.